The number of hydrogen-bond acceptors (Lipinski definition) is 5. The number of nitrogens with one attached hydrogen (secondary N) is 1. The van der Waals surface area contributed by atoms with E-state index in [2.05, 4.69) is 26.6 Å². The molecule has 23 heavy (non-hydrogen) atoms. The molecule has 3 heterocycles. The molecular weight excluding hydrogens is 378 g/mol. The molecule has 9 heteroatoms. The van der Waals surface area contributed by atoms with E-state index in [4.69, 9.17) is 4.74 Å². The molecule has 3 rings (SSSR count). The van der Waals surface area contributed by atoms with Gasteiger partial charge in [-0.25, -0.2) is 4.39 Å². The van der Waals surface area contributed by atoms with E-state index in [1.807, 2.05) is 6.92 Å². The molecule has 0 aliphatic carbocycles. The van der Waals surface area contributed by atoms with Crippen LogP contribution in [0.4, 0.5) is 10.2 Å². The number of carbonyl (C=O) groups is 1. The molecule has 0 spiro atoms. The van der Waals surface area contributed by atoms with Crippen molar-refractivity contribution in [1.29, 1.82) is 0 Å². The predicted molar refractivity (Wildman–Crippen MR) is 76.8 cm³/mol. The van der Waals surface area contributed by atoms with Crippen LogP contribution >= 0.6 is 0 Å². The molecule has 2 aromatic rings. The summed E-state index contributed by atoms with van der Waals surface area (Å²) in [5, 5.41) is 2.64. The van der Waals surface area contributed by atoms with Gasteiger partial charge in [-0.3, -0.25) is 9.78 Å². The SMILES string of the molecule is CCC(=O)Nc1n[c-]nc2c1ncn2[C@@H]1O[C@H](CC)C[C@H]1F.[Y]. The maximum Gasteiger partial charge on any atom is 0.214 e. The number of amides is 1. The van der Waals surface area contributed by atoms with E-state index in [9.17, 15) is 9.18 Å². The summed E-state index contributed by atoms with van der Waals surface area (Å²) in [6, 6.07) is 0. The van der Waals surface area contributed by atoms with Crippen molar-refractivity contribution in [1.82, 2.24) is 19.5 Å². The fourth-order valence-electron chi connectivity index (χ4n) is 2.51. The smallest absolute Gasteiger partial charge is 0.214 e. The van der Waals surface area contributed by atoms with Crippen LogP contribution in [0.2, 0.25) is 0 Å². The minimum Gasteiger partial charge on any atom is -0.362 e. The molecule has 1 N–H and O–H groups in total. The van der Waals surface area contributed by atoms with Gasteiger partial charge in [0.15, 0.2) is 6.23 Å². The van der Waals surface area contributed by atoms with Crippen molar-refractivity contribution in [3.63, 3.8) is 0 Å². The third-order valence-corrected chi connectivity index (χ3v) is 3.75. The van der Waals surface area contributed by atoms with Crippen molar-refractivity contribution in [3.8, 4) is 0 Å². The van der Waals surface area contributed by atoms with E-state index >= 15 is 0 Å². The van der Waals surface area contributed by atoms with Crippen LogP contribution in [0.25, 0.3) is 11.2 Å². The molecule has 1 radical (unpaired) electrons. The fraction of sp³-hybridized carbons (Fsp3) is 0.571. The van der Waals surface area contributed by atoms with Crippen LogP contribution in [-0.2, 0) is 42.2 Å². The Labute approximate surface area is 158 Å². The second-order valence-electron chi connectivity index (χ2n) is 5.21. The first-order valence-electron chi connectivity index (χ1n) is 7.34. The molecule has 1 amide bonds. The Morgan fingerprint density at radius 1 is 1.52 bits per heavy atom. The Morgan fingerprint density at radius 3 is 2.96 bits per heavy atom. The van der Waals surface area contributed by atoms with Crippen LogP contribution in [0.1, 0.15) is 39.3 Å². The van der Waals surface area contributed by atoms with Gasteiger partial charge in [0.1, 0.15) is 6.17 Å². The number of halogens is 1. The Morgan fingerprint density at radius 2 is 2.30 bits per heavy atom. The molecular formula is C14H17FN5O2Y-. The van der Waals surface area contributed by atoms with Crippen molar-refractivity contribution in [3.05, 3.63) is 12.7 Å². The Bertz CT molecular complexity index is 695. The third kappa shape index (κ3) is 3.59. The van der Waals surface area contributed by atoms with Gasteiger partial charge in [0.2, 0.25) is 5.91 Å². The minimum absolute atomic E-state index is 0. The Hall–Kier alpha value is -0.986. The van der Waals surface area contributed by atoms with Crippen LogP contribution in [0, 0.1) is 6.33 Å². The second-order valence-corrected chi connectivity index (χ2v) is 5.21. The molecule has 1 saturated heterocycles. The predicted octanol–water partition coefficient (Wildman–Crippen LogP) is 2.01. The summed E-state index contributed by atoms with van der Waals surface area (Å²) in [6.45, 7) is 3.70. The first-order chi connectivity index (χ1) is 10.6. The summed E-state index contributed by atoms with van der Waals surface area (Å²) in [7, 11) is 0. The number of rotatable bonds is 4. The number of ether oxygens (including phenoxy) is 1. The van der Waals surface area contributed by atoms with Crippen LogP contribution in [0.15, 0.2) is 6.33 Å². The maximum absolute atomic E-state index is 14.2. The van der Waals surface area contributed by atoms with Crippen molar-refractivity contribution in [2.45, 2.75) is 51.6 Å². The van der Waals surface area contributed by atoms with E-state index in [1.165, 1.54) is 10.9 Å². The van der Waals surface area contributed by atoms with Crippen molar-refractivity contribution in [2.75, 3.05) is 5.32 Å². The van der Waals surface area contributed by atoms with E-state index in [-0.39, 0.29) is 50.5 Å². The van der Waals surface area contributed by atoms with E-state index in [0.29, 0.717) is 24.0 Å². The van der Waals surface area contributed by atoms with Gasteiger partial charge >= 0.3 is 0 Å². The van der Waals surface area contributed by atoms with Crippen LogP contribution < -0.4 is 5.32 Å². The van der Waals surface area contributed by atoms with Gasteiger partial charge in [-0.05, 0) is 6.42 Å². The van der Waals surface area contributed by atoms with Crippen molar-refractivity contribution < 1.29 is 46.6 Å². The summed E-state index contributed by atoms with van der Waals surface area (Å²) >= 11 is 0. The van der Waals surface area contributed by atoms with Gasteiger partial charge in [0.25, 0.3) is 0 Å². The van der Waals surface area contributed by atoms with Gasteiger partial charge in [0, 0.05) is 63.2 Å². The molecule has 121 valence electrons. The average Bonchev–Trinajstić information content (AvgIpc) is 3.10. The summed E-state index contributed by atoms with van der Waals surface area (Å²) < 4.78 is 21.4. The molecule has 0 bridgehead atoms. The topological polar surface area (TPSA) is 81.9 Å². The monoisotopic (exact) mass is 395 g/mol. The van der Waals surface area contributed by atoms with Gasteiger partial charge in [0.05, 0.1) is 18.1 Å². The molecule has 1 aliphatic heterocycles. The van der Waals surface area contributed by atoms with E-state index in [1.54, 1.807) is 6.92 Å². The molecule has 0 aromatic carbocycles. The minimum atomic E-state index is -1.12. The quantitative estimate of drug-likeness (QED) is 0.802. The number of aromatic nitrogens is 4. The van der Waals surface area contributed by atoms with Crippen LogP contribution in [0.3, 0.4) is 0 Å². The number of hydrogen-bond donors (Lipinski definition) is 1. The number of carbonyl (C=O) groups excluding carboxylic acids is 1. The van der Waals surface area contributed by atoms with E-state index in [0.717, 1.165) is 6.42 Å². The molecule has 0 saturated carbocycles. The van der Waals surface area contributed by atoms with Crippen molar-refractivity contribution >= 4 is 22.9 Å². The summed E-state index contributed by atoms with van der Waals surface area (Å²) in [5.74, 6) is 0.0885. The molecule has 0 unspecified atom stereocenters. The molecule has 7 nitrogen and oxygen atoms in total. The third-order valence-electron chi connectivity index (χ3n) is 3.75. The number of alkyl halides is 1. The first-order valence-corrected chi connectivity index (χ1v) is 7.34. The number of imidazole rings is 1. The maximum atomic E-state index is 14.2. The second kappa shape index (κ2) is 7.72. The standard InChI is InChI=1S/C14H17FN5O2.Y/c1-3-8-5-9(15)14(22-8)20-7-18-11-12(19-10(21)4-2)16-6-17-13(11)20;/h7-9,14H,3-5H2,1-2H3,(H,16,17,19,21);/q-1;/t8-,9-,14-;/m1./s1. The Kier molecular flexibility index (Phi) is 6.16. The molecule has 1 aliphatic rings. The summed E-state index contributed by atoms with van der Waals surface area (Å²) in [6.07, 6.45) is 3.38. The number of anilines is 1. The molecule has 1 fully saturated rings. The van der Waals surface area contributed by atoms with Gasteiger partial charge < -0.3 is 24.6 Å². The zero-order valence-electron chi connectivity index (χ0n) is 13.0. The van der Waals surface area contributed by atoms with Crippen molar-refractivity contribution in [2.24, 2.45) is 0 Å². The fourth-order valence-corrected chi connectivity index (χ4v) is 2.51. The normalized spacial score (nSPS) is 23.7. The first kappa shape index (κ1) is 18.4. The average molecular weight is 395 g/mol. The largest absolute Gasteiger partial charge is 0.362 e. The number of nitrogens with zero attached hydrogens (tertiary/aromatic N) is 4. The van der Waals surface area contributed by atoms with Gasteiger partial charge in [-0.1, -0.05) is 13.8 Å². The molecule has 2 aromatic heterocycles. The van der Waals surface area contributed by atoms with Gasteiger partial charge in [-0.15, -0.1) is 0 Å². The summed E-state index contributed by atoms with van der Waals surface area (Å²) in [4.78, 5) is 23.6. The van der Waals surface area contributed by atoms with Gasteiger partial charge in [-0.2, -0.15) is 0 Å². The van der Waals surface area contributed by atoms with Crippen LogP contribution in [0.5, 0.6) is 0 Å². The number of fused-ring (bicyclic) bond motifs is 1. The zero-order chi connectivity index (χ0) is 15.7. The molecule has 3 atom stereocenters. The Balaban J connectivity index is 0.00000192. The zero-order valence-corrected chi connectivity index (χ0v) is 15.8. The van der Waals surface area contributed by atoms with Crippen LogP contribution in [-0.4, -0.2) is 37.7 Å². The van der Waals surface area contributed by atoms with E-state index < -0.39 is 12.4 Å². The summed E-state index contributed by atoms with van der Waals surface area (Å²) in [5.41, 5.74) is 0.794.